The highest BCUT2D eigenvalue weighted by atomic mass is 32.1. The van der Waals surface area contributed by atoms with Gasteiger partial charge < -0.3 is 5.11 Å². The van der Waals surface area contributed by atoms with E-state index >= 15 is 0 Å². The maximum Gasteiger partial charge on any atom is 0.317 e. The summed E-state index contributed by atoms with van der Waals surface area (Å²) in [5.41, 5.74) is 2.68. The number of hydrogen-bond donors (Lipinski definition) is 1. The lowest BCUT2D eigenvalue weighted by Crippen LogP contribution is -2.28. The maximum atomic E-state index is 10.4. The summed E-state index contributed by atoms with van der Waals surface area (Å²) in [6.45, 7) is 1.98. The smallest absolute Gasteiger partial charge is 0.317 e. The van der Waals surface area contributed by atoms with Crippen LogP contribution in [0.15, 0.2) is 10.9 Å². The van der Waals surface area contributed by atoms with Gasteiger partial charge in [-0.25, -0.2) is 4.98 Å². The number of carboxylic acids is 1. The SMILES string of the molecule is CC(c1cscn1)N(C)CC(=O)O. The summed E-state index contributed by atoms with van der Waals surface area (Å²) in [4.78, 5) is 16.3. The van der Waals surface area contributed by atoms with E-state index in [1.165, 1.54) is 11.3 Å². The van der Waals surface area contributed by atoms with Gasteiger partial charge in [0, 0.05) is 5.38 Å². The molecule has 0 aliphatic heterocycles. The molecule has 0 fully saturated rings. The first kappa shape index (κ1) is 10.1. The van der Waals surface area contributed by atoms with Crippen molar-refractivity contribution in [2.24, 2.45) is 0 Å². The fraction of sp³-hybridized carbons (Fsp3) is 0.500. The van der Waals surface area contributed by atoms with Crippen molar-refractivity contribution in [3.8, 4) is 0 Å². The first-order chi connectivity index (χ1) is 6.11. The second-order valence-corrected chi connectivity index (χ2v) is 3.62. The lowest BCUT2D eigenvalue weighted by Gasteiger charge is -2.20. The highest BCUT2D eigenvalue weighted by Crippen LogP contribution is 2.17. The molecule has 0 aliphatic rings. The molecule has 13 heavy (non-hydrogen) atoms. The first-order valence-electron chi connectivity index (χ1n) is 3.91. The van der Waals surface area contributed by atoms with Crippen LogP contribution in [0.1, 0.15) is 18.7 Å². The Morgan fingerprint density at radius 1 is 1.85 bits per heavy atom. The van der Waals surface area contributed by atoms with Crippen LogP contribution in [0.2, 0.25) is 0 Å². The van der Waals surface area contributed by atoms with Gasteiger partial charge in [0.05, 0.1) is 23.8 Å². The van der Waals surface area contributed by atoms with Crippen LogP contribution in [-0.4, -0.2) is 34.6 Å². The van der Waals surface area contributed by atoms with Gasteiger partial charge in [0.15, 0.2) is 0 Å². The van der Waals surface area contributed by atoms with Crippen LogP contribution in [-0.2, 0) is 4.79 Å². The monoisotopic (exact) mass is 200 g/mol. The van der Waals surface area contributed by atoms with E-state index in [1.807, 2.05) is 12.3 Å². The van der Waals surface area contributed by atoms with Gasteiger partial charge in [0.1, 0.15) is 0 Å². The zero-order valence-corrected chi connectivity index (χ0v) is 8.41. The van der Waals surface area contributed by atoms with Gasteiger partial charge in [-0.15, -0.1) is 11.3 Å². The van der Waals surface area contributed by atoms with Crippen LogP contribution >= 0.6 is 11.3 Å². The largest absolute Gasteiger partial charge is 0.480 e. The normalized spacial score (nSPS) is 13.2. The van der Waals surface area contributed by atoms with Crippen molar-refractivity contribution >= 4 is 17.3 Å². The predicted octanol–water partition coefficient (Wildman–Crippen LogP) is 1.22. The second kappa shape index (κ2) is 4.34. The summed E-state index contributed by atoms with van der Waals surface area (Å²) in [7, 11) is 1.78. The zero-order chi connectivity index (χ0) is 9.84. The van der Waals surface area contributed by atoms with E-state index in [-0.39, 0.29) is 12.6 Å². The average molecular weight is 200 g/mol. The van der Waals surface area contributed by atoms with E-state index in [9.17, 15) is 4.79 Å². The van der Waals surface area contributed by atoms with Crippen molar-refractivity contribution in [3.05, 3.63) is 16.6 Å². The van der Waals surface area contributed by atoms with Gasteiger partial charge in [-0.2, -0.15) is 0 Å². The number of nitrogens with zero attached hydrogens (tertiary/aromatic N) is 2. The molecule has 0 saturated heterocycles. The topological polar surface area (TPSA) is 53.4 Å². The summed E-state index contributed by atoms with van der Waals surface area (Å²) in [5, 5.41) is 10.5. The quantitative estimate of drug-likeness (QED) is 0.794. The molecule has 0 aromatic carbocycles. The Kier molecular flexibility index (Phi) is 3.39. The first-order valence-corrected chi connectivity index (χ1v) is 4.85. The molecule has 1 aromatic heterocycles. The molecule has 0 spiro atoms. The van der Waals surface area contributed by atoms with Crippen LogP contribution in [0.3, 0.4) is 0 Å². The van der Waals surface area contributed by atoms with Crippen LogP contribution < -0.4 is 0 Å². The number of hydrogen-bond acceptors (Lipinski definition) is 4. The lowest BCUT2D eigenvalue weighted by atomic mass is 10.2. The van der Waals surface area contributed by atoms with E-state index in [1.54, 1.807) is 17.5 Å². The fourth-order valence-corrected chi connectivity index (χ4v) is 1.64. The van der Waals surface area contributed by atoms with E-state index in [2.05, 4.69) is 4.98 Å². The van der Waals surface area contributed by atoms with Gasteiger partial charge >= 0.3 is 5.97 Å². The van der Waals surface area contributed by atoms with E-state index in [0.717, 1.165) is 5.69 Å². The second-order valence-electron chi connectivity index (χ2n) is 2.90. The third-order valence-corrected chi connectivity index (χ3v) is 2.53. The minimum absolute atomic E-state index is 0.0404. The molecule has 0 bridgehead atoms. The summed E-state index contributed by atoms with van der Waals surface area (Å²) in [5.74, 6) is -0.815. The van der Waals surface area contributed by atoms with E-state index in [4.69, 9.17) is 5.11 Å². The predicted molar refractivity (Wildman–Crippen MR) is 50.8 cm³/mol. The molecule has 1 atom stereocenters. The molecular formula is C8H12N2O2S. The van der Waals surface area contributed by atoms with Gasteiger partial charge in [0.2, 0.25) is 0 Å². The number of carbonyl (C=O) groups is 1. The van der Waals surface area contributed by atoms with E-state index < -0.39 is 5.97 Å². The van der Waals surface area contributed by atoms with Crippen molar-refractivity contribution in [1.82, 2.24) is 9.88 Å². The minimum atomic E-state index is -0.815. The van der Waals surface area contributed by atoms with Crippen LogP contribution in [0.25, 0.3) is 0 Å². The summed E-state index contributed by atoms with van der Waals surface area (Å²) >= 11 is 1.52. The van der Waals surface area contributed by atoms with Gasteiger partial charge in [0.25, 0.3) is 0 Å². The maximum absolute atomic E-state index is 10.4. The molecule has 1 N–H and O–H groups in total. The average Bonchev–Trinajstić information content (AvgIpc) is 2.53. The third-order valence-electron chi connectivity index (χ3n) is 1.93. The number of thiazole rings is 1. The Labute approximate surface area is 80.8 Å². The Balaban J connectivity index is 2.57. The Morgan fingerprint density at radius 2 is 2.54 bits per heavy atom. The molecule has 1 unspecified atom stereocenters. The van der Waals surface area contributed by atoms with Crippen molar-refractivity contribution in [1.29, 1.82) is 0 Å². The molecule has 0 aliphatic carbocycles. The van der Waals surface area contributed by atoms with Crippen molar-refractivity contribution in [2.75, 3.05) is 13.6 Å². The Bertz CT molecular complexity index is 274. The number of likely N-dealkylation sites (N-methyl/N-ethyl adjacent to an activating group) is 1. The molecule has 0 amide bonds. The zero-order valence-electron chi connectivity index (χ0n) is 7.60. The molecule has 4 nitrogen and oxygen atoms in total. The summed E-state index contributed by atoms with van der Waals surface area (Å²) in [6.07, 6.45) is 0. The standard InChI is InChI=1S/C8H12N2O2S/c1-6(7-4-13-5-9-7)10(2)3-8(11)12/h4-6H,3H2,1-2H3,(H,11,12). The lowest BCUT2D eigenvalue weighted by molar-refractivity contribution is -0.138. The highest BCUT2D eigenvalue weighted by molar-refractivity contribution is 7.07. The van der Waals surface area contributed by atoms with Gasteiger partial charge in [-0.3, -0.25) is 9.69 Å². The summed E-state index contributed by atoms with van der Waals surface area (Å²) in [6, 6.07) is 0.0577. The van der Waals surface area contributed by atoms with Crippen molar-refractivity contribution < 1.29 is 9.90 Å². The molecule has 1 heterocycles. The van der Waals surface area contributed by atoms with Crippen LogP contribution in [0.4, 0.5) is 0 Å². The summed E-state index contributed by atoms with van der Waals surface area (Å²) < 4.78 is 0. The molecule has 1 aromatic rings. The fourth-order valence-electron chi connectivity index (χ4n) is 1.00. The molecule has 5 heteroatoms. The van der Waals surface area contributed by atoms with Crippen molar-refractivity contribution in [2.45, 2.75) is 13.0 Å². The Hall–Kier alpha value is -0.940. The third kappa shape index (κ3) is 2.78. The number of rotatable bonds is 4. The van der Waals surface area contributed by atoms with Crippen LogP contribution in [0, 0.1) is 0 Å². The molecule has 1 rings (SSSR count). The number of carboxylic acid groups (broad SMARTS) is 1. The molecule has 0 saturated carbocycles. The van der Waals surface area contributed by atoms with Gasteiger partial charge in [-0.05, 0) is 14.0 Å². The number of aromatic nitrogens is 1. The molecule has 0 radical (unpaired) electrons. The Morgan fingerprint density at radius 3 is 3.00 bits per heavy atom. The highest BCUT2D eigenvalue weighted by Gasteiger charge is 2.15. The van der Waals surface area contributed by atoms with Gasteiger partial charge in [-0.1, -0.05) is 0 Å². The molecule has 72 valence electrons. The minimum Gasteiger partial charge on any atom is -0.480 e. The van der Waals surface area contributed by atoms with Crippen LogP contribution in [0.5, 0.6) is 0 Å². The van der Waals surface area contributed by atoms with E-state index in [0.29, 0.717) is 0 Å². The molecular weight excluding hydrogens is 188 g/mol. The number of aliphatic carboxylic acids is 1. The van der Waals surface area contributed by atoms with Crippen molar-refractivity contribution in [3.63, 3.8) is 0 Å².